The summed E-state index contributed by atoms with van der Waals surface area (Å²) in [6, 6.07) is 3.75. The van der Waals surface area contributed by atoms with Crippen molar-refractivity contribution in [3.05, 3.63) is 29.8 Å². The molecule has 1 aromatic heterocycles. The second kappa shape index (κ2) is 7.10. The number of alkyl halides is 3. The van der Waals surface area contributed by atoms with Crippen LogP contribution in [0, 0.1) is 0 Å². The van der Waals surface area contributed by atoms with Crippen molar-refractivity contribution in [1.29, 1.82) is 0 Å². The molecule has 1 aromatic carbocycles. The number of carbonyl (C=O) groups excluding carboxylic acids is 2. The quantitative estimate of drug-likeness (QED) is 0.860. The Hall–Kier alpha value is -2.98. The largest absolute Gasteiger partial charge is 0.416 e. The van der Waals surface area contributed by atoms with Gasteiger partial charge in [0.25, 0.3) is 5.91 Å². The Kier molecular flexibility index (Phi) is 5.28. The number of imide groups is 1. The van der Waals surface area contributed by atoms with Crippen molar-refractivity contribution < 1.29 is 22.8 Å². The molecule has 0 saturated heterocycles. The summed E-state index contributed by atoms with van der Waals surface area (Å²) in [6.45, 7) is 4.83. The molecule has 3 amide bonds. The molecule has 0 fully saturated rings. The Morgan fingerprint density at radius 3 is 2.50 bits per heavy atom. The van der Waals surface area contributed by atoms with E-state index in [4.69, 9.17) is 0 Å². The van der Waals surface area contributed by atoms with Crippen molar-refractivity contribution in [2.45, 2.75) is 39.0 Å². The first kappa shape index (κ1) is 19.3. The van der Waals surface area contributed by atoms with Crippen LogP contribution in [-0.2, 0) is 17.5 Å². The van der Waals surface area contributed by atoms with Crippen LogP contribution in [0.25, 0.3) is 11.4 Å². The van der Waals surface area contributed by atoms with Crippen LogP contribution in [0.1, 0.15) is 26.3 Å². The number of benzene rings is 1. The molecule has 8 nitrogen and oxygen atoms in total. The van der Waals surface area contributed by atoms with Gasteiger partial charge in [0.2, 0.25) is 5.82 Å². The van der Waals surface area contributed by atoms with Crippen LogP contribution in [0.5, 0.6) is 0 Å². The lowest BCUT2D eigenvalue weighted by molar-refractivity contribution is -0.137. The number of amides is 3. The van der Waals surface area contributed by atoms with Crippen molar-refractivity contribution in [1.82, 2.24) is 30.8 Å². The lowest BCUT2D eigenvalue weighted by atomic mass is 10.1. The molecule has 2 aromatic rings. The Balaban J connectivity index is 2.04. The van der Waals surface area contributed by atoms with Gasteiger partial charge in [-0.2, -0.15) is 18.0 Å². The summed E-state index contributed by atoms with van der Waals surface area (Å²) in [4.78, 5) is 24.3. The zero-order valence-corrected chi connectivity index (χ0v) is 14.3. The van der Waals surface area contributed by atoms with Crippen LogP contribution in [0.3, 0.4) is 0 Å². The van der Waals surface area contributed by atoms with E-state index in [1.165, 1.54) is 12.1 Å². The van der Waals surface area contributed by atoms with E-state index in [2.05, 4.69) is 26.0 Å². The maximum Gasteiger partial charge on any atom is 0.416 e. The fourth-order valence-corrected chi connectivity index (χ4v) is 1.93. The van der Waals surface area contributed by atoms with Gasteiger partial charge < -0.3 is 5.32 Å². The first-order valence-electron chi connectivity index (χ1n) is 7.51. The van der Waals surface area contributed by atoms with E-state index in [0.717, 1.165) is 16.9 Å². The van der Waals surface area contributed by atoms with Crippen LogP contribution >= 0.6 is 0 Å². The van der Waals surface area contributed by atoms with Crippen LogP contribution in [0.15, 0.2) is 24.3 Å². The Bertz CT molecular complexity index is 810. The van der Waals surface area contributed by atoms with Crippen molar-refractivity contribution in [2.24, 2.45) is 0 Å². The molecule has 0 atom stereocenters. The number of nitrogens with one attached hydrogen (secondary N) is 2. The third kappa shape index (κ3) is 5.53. The summed E-state index contributed by atoms with van der Waals surface area (Å²) in [7, 11) is 0. The monoisotopic (exact) mass is 370 g/mol. The predicted molar refractivity (Wildman–Crippen MR) is 84.7 cm³/mol. The van der Waals surface area contributed by atoms with Gasteiger partial charge in [-0.15, -0.1) is 10.2 Å². The van der Waals surface area contributed by atoms with Crippen molar-refractivity contribution >= 4 is 11.9 Å². The zero-order valence-electron chi connectivity index (χ0n) is 14.3. The van der Waals surface area contributed by atoms with Crippen molar-refractivity contribution in [3.63, 3.8) is 0 Å². The molecule has 0 aliphatic heterocycles. The van der Waals surface area contributed by atoms with E-state index >= 15 is 0 Å². The molecular weight excluding hydrogens is 353 g/mol. The van der Waals surface area contributed by atoms with Gasteiger partial charge >= 0.3 is 12.2 Å². The molecule has 0 bridgehead atoms. The maximum absolute atomic E-state index is 12.7. The maximum atomic E-state index is 12.7. The van der Waals surface area contributed by atoms with Gasteiger partial charge in [0, 0.05) is 11.1 Å². The summed E-state index contributed by atoms with van der Waals surface area (Å²) in [5.74, 6) is -0.761. The third-order valence-corrected chi connectivity index (χ3v) is 2.93. The topological polar surface area (TPSA) is 102 Å². The van der Waals surface area contributed by atoms with Crippen molar-refractivity contribution in [3.8, 4) is 11.4 Å². The first-order chi connectivity index (χ1) is 11.9. The number of aromatic nitrogens is 4. The van der Waals surface area contributed by atoms with Gasteiger partial charge in [-0.3, -0.25) is 10.1 Å². The molecule has 0 aliphatic rings. The highest BCUT2D eigenvalue weighted by Crippen LogP contribution is 2.31. The number of urea groups is 1. The summed E-state index contributed by atoms with van der Waals surface area (Å²) < 4.78 is 38.2. The van der Waals surface area contributed by atoms with E-state index in [1.807, 2.05) is 0 Å². The minimum absolute atomic E-state index is 0.0666. The van der Waals surface area contributed by atoms with Gasteiger partial charge in [0.15, 0.2) is 0 Å². The summed E-state index contributed by atoms with van der Waals surface area (Å²) in [5.41, 5.74) is -1.26. The number of tetrazole rings is 1. The van der Waals surface area contributed by atoms with E-state index in [1.54, 1.807) is 20.8 Å². The normalized spacial score (nSPS) is 11.9. The molecule has 11 heteroatoms. The van der Waals surface area contributed by atoms with E-state index in [9.17, 15) is 22.8 Å². The van der Waals surface area contributed by atoms with E-state index in [-0.39, 0.29) is 11.4 Å². The molecule has 2 N–H and O–H groups in total. The van der Waals surface area contributed by atoms with Crippen LogP contribution in [-0.4, -0.2) is 37.7 Å². The second-order valence-corrected chi connectivity index (χ2v) is 6.47. The third-order valence-electron chi connectivity index (χ3n) is 2.93. The van der Waals surface area contributed by atoms with Gasteiger partial charge in [-0.05, 0) is 38.1 Å². The summed E-state index contributed by atoms with van der Waals surface area (Å²) in [6.07, 6.45) is -4.49. The number of carbonyl (C=O) groups is 2. The summed E-state index contributed by atoms with van der Waals surface area (Å²) >= 11 is 0. The highest BCUT2D eigenvalue weighted by molar-refractivity contribution is 5.94. The standard InChI is InChI=1S/C15H17F3N6O2/c1-14(2,3)20-13(26)19-11(25)8-24-22-12(21-23-24)9-5-4-6-10(7-9)15(16,17)18/h4-7H,8H2,1-3H3,(H2,19,20,25,26). The lowest BCUT2D eigenvalue weighted by Crippen LogP contribution is -2.49. The average molecular weight is 370 g/mol. The van der Waals surface area contributed by atoms with Crippen LogP contribution in [0.2, 0.25) is 0 Å². The molecular formula is C15H17F3N6O2. The zero-order chi connectivity index (χ0) is 19.5. The molecule has 140 valence electrons. The minimum atomic E-state index is -4.49. The fraction of sp³-hybridized carbons (Fsp3) is 0.400. The molecule has 2 rings (SSSR count). The molecule has 1 heterocycles. The minimum Gasteiger partial charge on any atom is -0.333 e. The van der Waals surface area contributed by atoms with Gasteiger partial charge in [0.05, 0.1) is 5.56 Å². The van der Waals surface area contributed by atoms with Crippen LogP contribution in [0.4, 0.5) is 18.0 Å². The second-order valence-electron chi connectivity index (χ2n) is 6.47. The summed E-state index contributed by atoms with van der Waals surface area (Å²) in [5, 5.41) is 15.7. The number of rotatable bonds is 3. The van der Waals surface area contributed by atoms with Gasteiger partial charge in [-0.1, -0.05) is 12.1 Å². The fourth-order valence-electron chi connectivity index (χ4n) is 1.93. The molecule has 0 saturated carbocycles. The van der Waals surface area contributed by atoms with Gasteiger partial charge in [-0.25, -0.2) is 4.79 Å². The molecule has 26 heavy (non-hydrogen) atoms. The molecule has 0 aliphatic carbocycles. The number of hydrogen-bond acceptors (Lipinski definition) is 5. The van der Waals surface area contributed by atoms with Crippen LogP contribution < -0.4 is 10.6 Å². The SMILES string of the molecule is CC(C)(C)NC(=O)NC(=O)Cn1nnc(-c2cccc(C(F)(F)F)c2)n1. The predicted octanol–water partition coefficient (Wildman–Crippen LogP) is 1.98. The molecule has 0 unspecified atom stereocenters. The lowest BCUT2D eigenvalue weighted by Gasteiger charge is -2.20. The smallest absolute Gasteiger partial charge is 0.333 e. The van der Waals surface area contributed by atoms with E-state index < -0.39 is 35.8 Å². The number of nitrogens with zero attached hydrogens (tertiary/aromatic N) is 4. The highest BCUT2D eigenvalue weighted by Gasteiger charge is 2.30. The van der Waals surface area contributed by atoms with E-state index in [0.29, 0.717) is 0 Å². The Labute approximate surface area is 146 Å². The molecule has 0 spiro atoms. The van der Waals surface area contributed by atoms with Gasteiger partial charge in [0.1, 0.15) is 6.54 Å². The highest BCUT2D eigenvalue weighted by atomic mass is 19.4. The number of hydrogen-bond donors (Lipinski definition) is 2. The first-order valence-corrected chi connectivity index (χ1v) is 7.51. The Morgan fingerprint density at radius 2 is 1.88 bits per heavy atom. The molecule has 0 radical (unpaired) electrons. The van der Waals surface area contributed by atoms with Crippen molar-refractivity contribution in [2.75, 3.05) is 0 Å². The Morgan fingerprint density at radius 1 is 1.19 bits per heavy atom. The average Bonchev–Trinajstić information content (AvgIpc) is 2.92. The number of halogens is 3.